The van der Waals surface area contributed by atoms with Gasteiger partial charge in [0, 0.05) is 142 Å². The fourth-order valence-corrected chi connectivity index (χ4v) is 12.9. The second-order valence-electron chi connectivity index (χ2n) is 23.3. The first-order chi connectivity index (χ1) is 44.2. The highest BCUT2D eigenvalue weighted by atomic mass is 35.5. The number of nitrogens with one attached hydrogen (secondary N) is 1. The lowest BCUT2D eigenvalue weighted by Crippen LogP contribution is -2.48. The number of ketones is 2. The van der Waals surface area contributed by atoms with Crippen LogP contribution in [0.4, 0.5) is 8.78 Å². The fourth-order valence-electron chi connectivity index (χ4n) is 10.7. The van der Waals surface area contributed by atoms with E-state index in [1.807, 2.05) is 48.5 Å². The van der Waals surface area contributed by atoms with Gasteiger partial charge in [0.25, 0.3) is 0 Å². The normalized spacial score (nSPS) is 15.1. The molecule has 21 heteroatoms. The zero-order valence-corrected chi connectivity index (χ0v) is 55.1. The highest BCUT2D eigenvalue weighted by molar-refractivity contribution is 7.23. The molecule has 1 amide bonds. The molecule has 16 nitrogen and oxygen atoms in total. The number of hydrogen-bond donors (Lipinski definition) is 1. The van der Waals surface area contributed by atoms with Crippen LogP contribution in [0.3, 0.4) is 0 Å². The summed E-state index contributed by atoms with van der Waals surface area (Å²) in [6.07, 6.45) is 14.0. The van der Waals surface area contributed by atoms with Gasteiger partial charge in [0.2, 0.25) is 11.1 Å². The van der Waals surface area contributed by atoms with Gasteiger partial charge in [-0.25, -0.2) is 8.78 Å². The van der Waals surface area contributed by atoms with Crippen LogP contribution in [0.2, 0.25) is 0 Å². The number of carbonyl (C=O) groups is 4. The third-order valence-corrected chi connectivity index (χ3v) is 18.6. The van der Waals surface area contributed by atoms with E-state index in [2.05, 4.69) is 67.6 Å². The lowest BCUT2D eigenvalue weighted by Gasteiger charge is -2.34. The number of benzene rings is 2. The minimum Gasteiger partial charge on any atom is -0.453 e. The van der Waals surface area contributed by atoms with Gasteiger partial charge in [-0.05, 0) is 140 Å². The largest absolute Gasteiger partial charge is 0.453 e. The molecule has 482 valence electrons. The van der Waals surface area contributed by atoms with Crippen molar-refractivity contribution in [1.29, 1.82) is 0 Å². The van der Waals surface area contributed by atoms with E-state index < -0.39 is 16.9 Å². The van der Waals surface area contributed by atoms with Crippen LogP contribution < -0.4 is 14.8 Å². The molecule has 1 N–H and O–H groups in total. The van der Waals surface area contributed by atoms with Crippen molar-refractivity contribution in [3.63, 3.8) is 0 Å². The summed E-state index contributed by atoms with van der Waals surface area (Å²) in [5, 5.41) is 2.92. The molecule has 0 unspecified atom stereocenters. The number of rotatable bonds is 24. The maximum Gasteiger partial charge on any atom is 0.247 e. The molecule has 0 atom stereocenters. The van der Waals surface area contributed by atoms with Gasteiger partial charge >= 0.3 is 0 Å². The average molecular weight is 1300 g/mol. The number of methoxy groups -OCH3 is 1. The van der Waals surface area contributed by atoms with Gasteiger partial charge in [-0.1, -0.05) is 52.0 Å². The molecule has 91 heavy (non-hydrogen) atoms. The van der Waals surface area contributed by atoms with Crippen LogP contribution in [0, 0.1) is 23.5 Å². The minimum absolute atomic E-state index is 0.00154. The van der Waals surface area contributed by atoms with Crippen molar-refractivity contribution in [3.05, 3.63) is 144 Å². The lowest BCUT2D eigenvalue weighted by atomic mass is 10.0. The molecule has 2 aliphatic heterocycles. The zero-order chi connectivity index (χ0) is 64.2. The minimum atomic E-state index is -0.487. The van der Waals surface area contributed by atoms with E-state index in [1.165, 1.54) is 67.1 Å². The first-order valence-electron chi connectivity index (χ1n) is 31.6. The van der Waals surface area contributed by atoms with Gasteiger partial charge in [0.15, 0.2) is 23.1 Å². The topological polar surface area (TPSA) is 173 Å². The number of nitrogens with zero attached hydrogens (tertiary/aromatic N) is 8. The van der Waals surface area contributed by atoms with Crippen molar-refractivity contribution in [2.24, 2.45) is 11.8 Å². The summed E-state index contributed by atoms with van der Waals surface area (Å²) in [6.45, 7) is 21.1. The molecule has 4 aliphatic rings. The molecule has 0 bridgehead atoms. The van der Waals surface area contributed by atoms with Gasteiger partial charge in [0.05, 0.1) is 41.6 Å². The van der Waals surface area contributed by atoms with Gasteiger partial charge < -0.3 is 29.3 Å². The Labute approximate surface area is 545 Å². The van der Waals surface area contributed by atoms with Crippen molar-refractivity contribution in [1.82, 2.24) is 44.9 Å². The number of pyridine rings is 4. The molecule has 8 heterocycles. The molecule has 4 fully saturated rings. The predicted molar refractivity (Wildman–Crippen MR) is 357 cm³/mol. The number of ether oxygens (including phenoxy) is 3. The number of aromatic nitrogens is 4. The van der Waals surface area contributed by atoms with E-state index in [1.54, 1.807) is 48.8 Å². The highest BCUT2D eigenvalue weighted by Gasteiger charge is 2.26. The molecule has 2 saturated carbocycles. The average Bonchev–Trinajstić information content (AvgIpc) is 1.87. The number of halogens is 3. The summed E-state index contributed by atoms with van der Waals surface area (Å²) < 4.78 is 47.8. The maximum absolute atomic E-state index is 14.9. The van der Waals surface area contributed by atoms with E-state index in [-0.39, 0.29) is 48.4 Å². The second-order valence-corrected chi connectivity index (χ2v) is 25.8. The molecular weight excluding hydrogens is 1220 g/mol. The number of hydrogen-bond acceptors (Lipinski definition) is 17. The van der Waals surface area contributed by atoms with Crippen LogP contribution in [-0.4, -0.2) is 148 Å². The summed E-state index contributed by atoms with van der Waals surface area (Å²) in [4.78, 5) is 75.4. The van der Waals surface area contributed by atoms with Crippen LogP contribution in [0.5, 0.6) is 23.0 Å². The Kier molecular flexibility index (Phi) is 25.6. The van der Waals surface area contributed by atoms with Crippen molar-refractivity contribution < 1.29 is 42.2 Å². The quantitative estimate of drug-likeness (QED) is 0.0566. The van der Waals surface area contributed by atoms with Gasteiger partial charge in [-0.3, -0.25) is 48.9 Å². The second kappa shape index (κ2) is 34.1. The molecule has 2 saturated heterocycles. The Morgan fingerprint density at radius 2 is 1.03 bits per heavy atom. The summed E-state index contributed by atoms with van der Waals surface area (Å²) in [6, 6.07) is 25.3. The Morgan fingerprint density at radius 1 is 0.582 bits per heavy atom. The van der Waals surface area contributed by atoms with Crippen LogP contribution in [0.1, 0.15) is 94.9 Å². The van der Waals surface area contributed by atoms with Gasteiger partial charge in [-0.2, -0.15) is 0 Å². The van der Waals surface area contributed by atoms with Crippen LogP contribution in [-0.2, 0) is 49.8 Å². The van der Waals surface area contributed by atoms with Gasteiger partial charge in [-0.15, -0.1) is 22.7 Å². The maximum atomic E-state index is 14.9. The Hall–Kier alpha value is -7.01. The van der Waals surface area contributed by atoms with E-state index >= 15 is 0 Å². The molecule has 2 aromatic carbocycles. The Balaban J connectivity index is 0.000000181. The third kappa shape index (κ3) is 20.7. The standard InChI is InChI=1S/C32H33FN4O3S.C29H29FN4O2S.C6H15N.C3H5ClO2/c1-2-31(39)37-13-11-36(12-14-37)20-23-5-7-26(35-19-23)30-18-27-32(41-30)29(9-10-34-27)40-28-8-6-22(17-25(28)33)16-24(38)15-21-3-4-21;30-23-15-20(14-22(35)13-19-1-2-19)4-6-26(23)36-27-7-8-32-25-16-28(37-29(25)27)24-5-3-21(17-33-24)18-34-11-9-31-10-12-34;1-4-7(5-2)6-3;1-6-2-3(4)5/h5-10,17-19,21H,2-4,11-16,20H2,1H3;3-8,15-17,19,31H,1-2,9-14,18H2;4-6H2,1-3H3;2H2,1H3. The predicted octanol–water partition coefficient (Wildman–Crippen LogP) is 13.6. The molecule has 0 spiro atoms. The molecule has 12 rings (SSSR count). The molecule has 2 aliphatic carbocycles. The van der Waals surface area contributed by atoms with Crippen molar-refractivity contribution in [2.75, 3.05) is 85.7 Å². The Morgan fingerprint density at radius 3 is 1.40 bits per heavy atom. The van der Waals surface area contributed by atoms with E-state index in [4.69, 9.17) is 31.0 Å². The lowest BCUT2D eigenvalue weighted by molar-refractivity contribution is -0.132. The first-order valence-corrected chi connectivity index (χ1v) is 33.6. The summed E-state index contributed by atoms with van der Waals surface area (Å²) in [7, 11) is 1.42. The van der Waals surface area contributed by atoms with E-state index in [9.17, 15) is 28.0 Å². The molecule has 6 aromatic heterocycles. The van der Waals surface area contributed by atoms with Crippen molar-refractivity contribution >= 4 is 77.4 Å². The molecular formula is C70H82ClF2N9O7S2. The smallest absolute Gasteiger partial charge is 0.247 e. The number of Topliss-reactive ketones (excluding diaryl/α,β-unsaturated/α-hetero) is 2. The number of piperazine rings is 2. The number of thiophene rings is 2. The van der Waals surface area contributed by atoms with Crippen LogP contribution >= 0.6 is 34.3 Å². The van der Waals surface area contributed by atoms with Crippen molar-refractivity contribution in [2.45, 2.75) is 98.6 Å². The number of fused-ring (bicyclic) bond motifs is 2. The molecule has 0 radical (unpaired) electrons. The highest BCUT2D eigenvalue weighted by Crippen LogP contribution is 2.42. The SMILES string of the molecule is CCC(=O)N1CCN(Cc2ccc(-c3cc4nccc(Oc5ccc(CC(=O)CC6CC6)cc5F)c4s3)nc2)CC1.CCN(CC)CC.COCC(=O)Cl.O=C(Cc1ccc(Oc2ccnc3cc(-c4ccc(CN5CCNCC5)cn4)sc23)c(F)c1)CC1CC1. The number of amides is 1. The first kappa shape index (κ1) is 68.4. The summed E-state index contributed by atoms with van der Waals surface area (Å²) >= 11 is 7.85. The van der Waals surface area contributed by atoms with Crippen molar-refractivity contribution in [3.8, 4) is 44.1 Å². The number of carbonyl (C=O) groups excluding carboxylic acids is 4. The zero-order valence-electron chi connectivity index (χ0n) is 52.7. The van der Waals surface area contributed by atoms with Crippen LogP contribution in [0.25, 0.3) is 41.6 Å². The molecule has 8 aromatic rings. The van der Waals surface area contributed by atoms with Crippen LogP contribution in [0.15, 0.2) is 110 Å². The van der Waals surface area contributed by atoms with E-state index in [0.717, 1.165) is 138 Å². The fraction of sp³-hybridized carbons (Fsp3) is 0.429. The summed E-state index contributed by atoms with van der Waals surface area (Å²) in [5.74, 6) is 1.98. The third-order valence-electron chi connectivity index (χ3n) is 16.2. The Bertz CT molecular complexity index is 3690. The van der Waals surface area contributed by atoms with E-state index in [0.29, 0.717) is 53.7 Å². The monoisotopic (exact) mass is 1300 g/mol. The summed E-state index contributed by atoms with van der Waals surface area (Å²) in [5.41, 5.74) is 6.93. The van der Waals surface area contributed by atoms with Gasteiger partial charge in [0.1, 0.15) is 29.7 Å².